The standard InChI is InChI=1S/C22H23ClN4O2S2/c1-2-29-21(28)19-17-8-3-4-9-18(17)31-20(19)26-22(30)25-16-7-5-6-14(10-16)12-27-13-15(23)11-24-27/h5-7,10-11,13H,2-4,8-9,12H2,1H3,(H2,25,26,30). The van der Waals surface area contributed by atoms with Gasteiger partial charge in [-0.1, -0.05) is 23.7 Å². The fourth-order valence-electron chi connectivity index (χ4n) is 3.70. The first-order chi connectivity index (χ1) is 15.0. The van der Waals surface area contributed by atoms with Gasteiger partial charge in [-0.2, -0.15) is 5.10 Å². The molecule has 0 bridgehead atoms. The average Bonchev–Trinajstić information content (AvgIpc) is 3.30. The van der Waals surface area contributed by atoms with Gasteiger partial charge in [-0.25, -0.2) is 4.79 Å². The van der Waals surface area contributed by atoms with E-state index in [1.165, 1.54) is 4.88 Å². The molecule has 0 aliphatic heterocycles. The number of fused-ring (bicyclic) bond motifs is 1. The summed E-state index contributed by atoms with van der Waals surface area (Å²) in [5.74, 6) is -0.285. The van der Waals surface area contributed by atoms with E-state index in [1.54, 1.807) is 28.4 Å². The van der Waals surface area contributed by atoms with Crippen molar-refractivity contribution >= 4 is 56.9 Å². The number of carbonyl (C=O) groups is 1. The Morgan fingerprint density at radius 3 is 2.94 bits per heavy atom. The molecule has 4 rings (SSSR count). The molecule has 3 aromatic rings. The van der Waals surface area contributed by atoms with Crippen LogP contribution in [-0.4, -0.2) is 27.5 Å². The Labute approximate surface area is 195 Å². The summed E-state index contributed by atoms with van der Waals surface area (Å²) in [5.41, 5.74) is 3.66. The molecule has 2 heterocycles. The van der Waals surface area contributed by atoms with Crippen LogP contribution in [0.15, 0.2) is 36.7 Å². The van der Waals surface area contributed by atoms with Crippen LogP contribution in [0.25, 0.3) is 0 Å². The third-order valence-corrected chi connectivity index (χ3v) is 6.62. The minimum atomic E-state index is -0.285. The highest BCUT2D eigenvalue weighted by Gasteiger charge is 2.26. The molecular weight excluding hydrogens is 452 g/mol. The number of benzene rings is 1. The van der Waals surface area contributed by atoms with E-state index in [0.29, 0.717) is 28.9 Å². The monoisotopic (exact) mass is 474 g/mol. The first-order valence-corrected chi connectivity index (χ1v) is 11.8. The summed E-state index contributed by atoms with van der Waals surface area (Å²) in [5, 5.41) is 12.5. The Morgan fingerprint density at radius 1 is 1.32 bits per heavy atom. The van der Waals surface area contributed by atoms with Crippen LogP contribution in [0.2, 0.25) is 5.02 Å². The van der Waals surface area contributed by atoms with Crippen molar-refractivity contribution in [3.63, 3.8) is 0 Å². The van der Waals surface area contributed by atoms with Crippen molar-refractivity contribution in [2.24, 2.45) is 0 Å². The molecule has 6 nitrogen and oxygen atoms in total. The summed E-state index contributed by atoms with van der Waals surface area (Å²) < 4.78 is 7.09. The molecule has 2 N–H and O–H groups in total. The van der Waals surface area contributed by atoms with Crippen molar-refractivity contribution in [2.45, 2.75) is 39.2 Å². The molecule has 0 spiro atoms. The minimum absolute atomic E-state index is 0.285. The van der Waals surface area contributed by atoms with E-state index in [4.69, 9.17) is 28.6 Å². The van der Waals surface area contributed by atoms with Gasteiger partial charge in [-0.05, 0) is 68.1 Å². The van der Waals surface area contributed by atoms with Gasteiger partial charge in [-0.3, -0.25) is 4.68 Å². The third kappa shape index (κ3) is 5.26. The first kappa shape index (κ1) is 21.8. The van der Waals surface area contributed by atoms with Gasteiger partial charge in [-0.15, -0.1) is 11.3 Å². The highest BCUT2D eigenvalue weighted by atomic mass is 35.5. The van der Waals surface area contributed by atoms with E-state index >= 15 is 0 Å². The highest BCUT2D eigenvalue weighted by molar-refractivity contribution is 7.80. The molecule has 162 valence electrons. The second kappa shape index (κ2) is 9.80. The average molecular weight is 475 g/mol. The Bertz CT molecular complexity index is 1110. The molecule has 0 fully saturated rings. The van der Waals surface area contributed by atoms with E-state index < -0.39 is 0 Å². The van der Waals surface area contributed by atoms with Crippen LogP contribution in [0, 0.1) is 0 Å². The minimum Gasteiger partial charge on any atom is -0.462 e. The number of thiocarbonyl (C=S) groups is 1. The van der Waals surface area contributed by atoms with Crippen molar-refractivity contribution in [1.29, 1.82) is 0 Å². The van der Waals surface area contributed by atoms with Gasteiger partial charge in [0.25, 0.3) is 0 Å². The van der Waals surface area contributed by atoms with E-state index in [2.05, 4.69) is 15.7 Å². The Balaban J connectivity index is 1.48. The summed E-state index contributed by atoms with van der Waals surface area (Å²) in [6.45, 7) is 2.77. The molecule has 1 aliphatic carbocycles. The maximum Gasteiger partial charge on any atom is 0.341 e. The number of esters is 1. The summed E-state index contributed by atoms with van der Waals surface area (Å²) in [4.78, 5) is 13.9. The summed E-state index contributed by atoms with van der Waals surface area (Å²) in [6, 6.07) is 7.93. The summed E-state index contributed by atoms with van der Waals surface area (Å²) >= 11 is 13.1. The normalized spacial score (nSPS) is 12.8. The molecule has 0 saturated heterocycles. The Hall–Kier alpha value is -2.42. The number of ether oxygens (including phenoxy) is 1. The molecule has 0 radical (unpaired) electrons. The van der Waals surface area contributed by atoms with Crippen LogP contribution in [-0.2, 0) is 24.1 Å². The number of aromatic nitrogens is 2. The maximum absolute atomic E-state index is 12.6. The van der Waals surface area contributed by atoms with E-state index in [1.807, 2.05) is 31.2 Å². The van der Waals surface area contributed by atoms with Crippen molar-refractivity contribution in [3.8, 4) is 0 Å². The number of rotatable bonds is 6. The number of hydrogen-bond donors (Lipinski definition) is 2. The van der Waals surface area contributed by atoms with Crippen molar-refractivity contribution in [3.05, 3.63) is 63.2 Å². The summed E-state index contributed by atoms with van der Waals surface area (Å²) in [7, 11) is 0. The van der Waals surface area contributed by atoms with Crippen LogP contribution < -0.4 is 10.6 Å². The number of anilines is 2. The largest absolute Gasteiger partial charge is 0.462 e. The van der Waals surface area contributed by atoms with Gasteiger partial charge in [0.1, 0.15) is 5.00 Å². The third-order valence-electron chi connectivity index (χ3n) is 5.01. The van der Waals surface area contributed by atoms with Crippen molar-refractivity contribution in [2.75, 3.05) is 17.2 Å². The fraction of sp³-hybridized carbons (Fsp3) is 0.318. The molecule has 2 aromatic heterocycles. The molecule has 0 atom stereocenters. The molecular formula is C22H23ClN4O2S2. The number of nitrogens with one attached hydrogen (secondary N) is 2. The van der Waals surface area contributed by atoms with Gasteiger partial charge in [0, 0.05) is 16.8 Å². The Kier molecular flexibility index (Phi) is 6.89. The molecule has 1 aromatic carbocycles. The Morgan fingerprint density at radius 2 is 2.16 bits per heavy atom. The number of hydrogen-bond acceptors (Lipinski definition) is 5. The van der Waals surface area contributed by atoms with Crippen molar-refractivity contribution < 1.29 is 9.53 Å². The zero-order valence-electron chi connectivity index (χ0n) is 17.1. The van der Waals surface area contributed by atoms with E-state index in [-0.39, 0.29) is 5.97 Å². The second-order valence-electron chi connectivity index (χ2n) is 7.27. The van der Waals surface area contributed by atoms with Crippen LogP contribution in [0.5, 0.6) is 0 Å². The van der Waals surface area contributed by atoms with Gasteiger partial charge < -0.3 is 15.4 Å². The van der Waals surface area contributed by atoms with Gasteiger partial charge >= 0.3 is 5.97 Å². The van der Waals surface area contributed by atoms with E-state index in [9.17, 15) is 4.79 Å². The number of aryl methyl sites for hydroxylation is 1. The van der Waals surface area contributed by atoms with Crippen LogP contribution in [0.4, 0.5) is 10.7 Å². The lowest BCUT2D eigenvalue weighted by Gasteiger charge is -2.13. The maximum atomic E-state index is 12.6. The predicted molar refractivity (Wildman–Crippen MR) is 130 cm³/mol. The lowest BCUT2D eigenvalue weighted by molar-refractivity contribution is 0.0526. The predicted octanol–water partition coefficient (Wildman–Crippen LogP) is 5.51. The zero-order valence-corrected chi connectivity index (χ0v) is 19.5. The molecule has 1 aliphatic rings. The quantitative estimate of drug-likeness (QED) is 0.362. The first-order valence-electron chi connectivity index (χ1n) is 10.2. The highest BCUT2D eigenvalue weighted by Crippen LogP contribution is 2.38. The van der Waals surface area contributed by atoms with E-state index in [0.717, 1.165) is 47.5 Å². The van der Waals surface area contributed by atoms with Gasteiger partial charge in [0.05, 0.1) is 29.9 Å². The SMILES string of the molecule is CCOC(=O)c1c(NC(=S)Nc2cccc(Cn3cc(Cl)cn3)c2)sc2c1CCCC2. The molecule has 0 amide bonds. The van der Waals surface area contributed by atoms with Crippen LogP contribution in [0.1, 0.15) is 46.1 Å². The lowest BCUT2D eigenvalue weighted by atomic mass is 9.95. The van der Waals surface area contributed by atoms with Crippen LogP contribution in [0.3, 0.4) is 0 Å². The summed E-state index contributed by atoms with van der Waals surface area (Å²) in [6.07, 6.45) is 7.53. The van der Waals surface area contributed by atoms with Crippen LogP contribution >= 0.6 is 35.2 Å². The zero-order chi connectivity index (χ0) is 21.8. The number of thiophene rings is 1. The van der Waals surface area contributed by atoms with Crippen molar-refractivity contribution in [1.82, 2.24) is 9.78 Å². The molecule has 0 saturated carbocycles. The topological polar surface area (TPSA) is 68.2 Å². The van der Waals surface area contributed by atoms with Gasteiger partial charge in [0.2, 0.25) is 0 Å². The molecule has 0 unspecified atom stereocenters. The fourth-order valence-corrected chi connectivity index (χ4v) is 5.42. The second-order valence-corrected chi connectivity index (χ2v) is 9.22. The number of halogens is 1. The number of nitrogens with zero attached hydrogens (tertiary/aromatic N) is 2. The van der Waals surface area contributed by atoms with Gasteiger partial charge in [0.15, 0.2) is 5.11 Å². The molecule has 31 heavy (non-hydrogen) atoms. The smallest absolute Gasteiger partial charge is 0.341 e. The molecule has 9 heteroatoms. The number of carbonyl (C=O) groups excluding carboxylic acids is 1. The lowest BCUT2D eigenvalue weighted by Crippen LogP contribution is -2.20.